The first-order valence-electron chi connectivity index (χ1n) is 0. The Morgan fingerprint density at radius 2 is 0.833 bits per heavy atom. The van der Waals surface area contributed by atoms with E-state index in [1.807, 2.05) is 0 Å². The normalized spacial score (nSPS) is 0. The molecular weight excluding hydrogens is 445 g/mol. The van der Waals surface area contributed by atoms with Gasteiger partial charge < -0.3 is 0 Å². The fraction of sp³-hybridized carbons (Fsp3) is 0. The molecule has 0 amide bonds. The van der Waals surface area contributed by atoms with Gasteiger partial charge in [0.1, 0.15) is 0 Å². The summed E-state index contributed by atoms with van der Waals surface area (Å²) < 4.78 is 0. The number of hydrogen-bond donors (Lipinski definition) is 0. The van der Waals surface area contributed by atoms with Crippen molar-refractivity contribution >= 4 is 70.0 Å². The molecule has 3 radical (unpaired) electrons. The second-order valence-electron chi connectivity index (χ2n) is 0. The van der Waals surface area contributed by atoms with E-state index in [0.717, 1.165) is 0 Å². The van der Waals surface area contributed by atoms with Crippen molar-refractivity contribution in [1.29, 1.82) is 0 Å². The van der Waals surface area contributed by atoms with Crippen molar-refractivity contribution in [2.45, 2.75) is 0 Å². The Balaban J connectivity index is 0. The van der Waals surface area contributed by atoms with E-state index in [0.29, 0.717) is 0 Å². The summed E-state index contributed by atoms with van der Waals surface area (Å²) in [7, 11) is 0. The van der Waals surface area contributed by atoms with E-state index < -0.39 is 0 Å². The second-order valence-corrected chi connectivity index (χ2v) is 0. The Morgan fingerprint density at radius 1 is 0.833 bits per heavy atom. The van der Waals surface area contributed by atoms with Crippen LogP contribution in [0.2, 0.25) is 0 Å². The molecule has 0 bridgehead atoms. The summed E-state index contributed by atoms with van der Waals surface area (Å²) in [6, 6.07) is 0. The molecular formula is H6GdMg2MnSnZn. The van der Waals surface area contributed by atoms with Crippen LogP contribution in [-0.4, -0.2) is 70.0 Å². The summed E-state index contributed by atoms with van der Waals surface area (Å²) in [5.41, 5.74) is 0. The van der Waals surface area contributed by atoms with Gasteiger partial charge in [-0.2, -0.15) is 0 Å². The van der Waals surface area contributed by atoms with Gasteiger partial charge in [0.2, 0.25) is 0 Å². The van der Waals surface area contributed by atoms with Gasteiger partial charge in [0.25, 0.3) is 0 Å². The van der Waals surface area contributed by atoms with E-state index in [2.05, 4.69) is 0 Å². The van der Waals surface area contributed by atoms with Crippen LogP contribution < -0.4 is 0 Å². The third-order valence-electron chi connectivity index (χ3n) is 0. The Kier molecular flexibility index (Phi) is 247. The summed E-state index contributed by atoms with van der Waals surface area (Å²) in [6.07, 6.45) is 0. The maximum absolute atomic E-state index is 0. The van der Waals surface area contributed by atoms with Crippen molar-refractivity contribution in [3.05, 3.63) is 0 Å². The van der Waals surface area contributed by atoms with E-state index in [4.69, 9.17) is 0 Å². The SMILES string of the molecule is [Gd].[MgH2].[MgH2].[Mn].[SnH2].[Zn]. The van der Waals surface area contributed by atoms with Crippen LogP contribution in [0, 0.1) is 39.9 Å². The maximum Gasteiger partial charge on any atom is 0 e. The van der Waals surface area contributed by atoms with Crippen LogP contribution in [0.5, 0.6) is 0 Å². The van der Waals surface area contributed by atoms with Crippen molar-refractivity contribution in [1.82, 2.24) is 0 Å². The standard InChI is InChI=1S/Gd.2Mg.Mn.Sn.Zn.6H. The molecule has 0 aromatic heterocycles. The quantitative estimate of drug-likeness (QED) is 0.351. The molecule has 0 aromatic carbocycles. The zero-order chi connectivity index (χ0) is 0. The fourth-order valence-corrected chi connectivity index (χ4v) is 0. The Hall–Kier alpha value is 4.80. The third kappa shape index (κ3) is 23.2. The first kappa shape index (κ1) is 45.0. The molecule has 0 aliphatic carbocycles. The maximum atomic E-state index is 0. The number of rotatable bonds is 0. The summed E-state index contributed by atoms with van der Waals surface area (Å²) >= 11 is 0. The van der Waals surface area contributed by atoms with Gasteiger partial charge in [-0.25, -0.2) is 0 Å². The second kappa shape index (κ2) is 32.9. The molecule has 0 saturated carbocycles. The Labute approximate surface area is 143 Å². The minimum absolute atomic E-state index is 0. The van der Waals surface area contributed by atoms with Gasteiger partial charge in [0.15, 0.2) is 0 Å². The van der Waals surface area contributed by atoms with Crippen LogP contribution in [0.15, 0.2) is 0 Å². The van der Waals surface area contributed by atoms with Crippen molar-refractivity contribution in [2.75, 3.05) is 0 Å². The monoisotopic (exact) mass is 451 g/mol. The Morgan fingerprint density at radius 3 is 0.833 bits per heavy atom. The molecule has 0 saturated heterocycles. The molecule has 6 heavy (non-hydrogen) atoms. The molecule has 0 aromatic rings. The zero-order valence-electron chi connectivity index (χ0n) is 2.15. The van der Waals surface area contributed by atoms with Crippen LogP contribution in [0.1, 0.15) is 0 Å². The van der Waals surface area contributed by atoms with Gasteiger partial charge in [0, 0.05) is 76.5 Å². The molecule has 0 aliphatic heterocycles. The van der Waals surface area contributed by atoms with Crippen LogP contribution in [0.3, 0.4) is 0 Å². The fourth-order valence-electron chi connectivity index (χ4n) is 0. The van der Waals surface area contributed by atoms with Crippen LogP contribution in [-0.2, 0) is 36.5 Å². The van der Waals surface area contributed by atoms with Crippen molar-refractivity contribution in [2.24, 2.45) is 0 Å². The van der Waals surface area contributed by atoms with Crippen LogP contribution in [0.25, 0.3) is 0 Å². The van der Waals surface area contributed by atoms with Gasteiger partial charge in [-0.05, 0) is 0 Å². The van der Waals surface area contributed by atoms with Gasteiger partial charge in [-0.3, -0.25) is 0 Å². The molecule has 0 rings (SSSR count). The molecule has 0 atom stereocenters. The summed E-state index contributed by atoms with van der Waals surface area (Å²) in [5.74, 6) is 0. The van der Waals surface area contributed by atoms with Gasteiger partial charge in [-0.1, -0.05) is 0 Å². The van der Waals surface area contributed by atoms with Gasteiger partial charge >= 0.3 is 70.0 Å². The van der Waals surface area contributed by atoms with Crippen LogP contribution in [0.4, 0.5) is 0 Å². The first-order valence-corrected chi connectivity index (χ1v) is 0. The van der Waals surface area contributed by atoms with Crippen LogP contribution >= 0.6 is 0 Å². The van der Waals surface area contributed by atoms with Crippen molar-refractivity contribution in [3.8, 4) is 0 Å². The van der Waals surface area contributed by atoms with E-state index in [1.165, 1.54) is 0 Å². The number of hydrogen-bond acceptors (Lipinski definition) is 0. The van der Waals surface area contributed by atoms with Crippen molar-refractivity contribution in [3.63, 3.8) is 0 Å². The molecule has 6 heteroatoms. The van der Waals surface area contributed by atoms with E-state index >= 15 is 0 Å². The van der Waals surface area contributed by atoms with E-state index in [-0.39, 0.29) is 147 Å². The predicted molar refractivity (Wildman–Crippen MR) is 25.6 cm³/mol. The smallest absolute Gasteiger partial charge is 0 e. The van der Waals surface area contributed by atoms with E-state index in [9.17, 15) is 0 Å². The predicted octanol–water partition coefficient (Wildman–Crippen LogP) is -2.75. The van der Waals surface area contributed by atoms with E-state index in [1.54, 1.807) is 0 Å². The minimum Gasteiger partial charge on any atom is 0 e. The molecule has 0 fully saturated rings. The molecule has 31 valence electrons. The van der Waals surface area contributed by atoms with Crippen molar-refractivity contribution < 1.29 is 76.5 Å². The molecule has 0 nitrogen and oxygen atoms in total. The van der Waals surface area contributed by atoms with Gasteiger partial charge in [-0.15, -0.1) is 0 Å². The molecule has 0 N–H and O–H groups in total. The average Bonchev–Trinajstić information content (AvgIpc) is 0. The summed E-state index contributed by atoms with van der Waals surface area (Å²) in [4.78, 5) is 0. The Bertz CT molecular complexity index is 13.5. The topological polar surface area (TPSA) is 0 Å². The average molecular weight is 451 g/mol. The zero-order valence-corrected chi connectivity index (χ0v) is 12.6. The summed E-state index contributed by atoms with van der Waals surface area (Å²) in [6.45, 7) is 0. The molecule has 0 unspecified atom stereocenters. The third-order valence-corrected chi connectivity index (χ3v) is 0. The molecule has 0 aliphatic rings. The minimum atomic E-state index is 0. The largest absolute Gasteiger partial charge is 0 e. The van der Waals surface area contributed by atoms with Gasteiger partial charge in [0.05, 0.1) is 0 Å². The molecule has 0 spiro atoms. The summed E-state index contributed by atoms with van der Waals surface area (Å²) in [5, 5.41) is 0. The first-order chi connectivity index (χ1) is 0. The molecule has 0 heterocycles.